The molecule has 4 aromatic carbocycles. The van der Waals surface area contributed by atoms with Gasteiger partial charge in [0.05, 0.1) is 45.1 Å². The molecule has 8 nitrogen and oxygen atoms in total. The van der Waals surface area contributed by atoms with Crippen LogP contribution in [0.2, 0.25) is 0 Å². The van der Waals surface area contributed by atoms with Crippen LogP contribution in [-0.4, -0.2) is 49.2 Å². The smallest absolute Gasteiger partial charge is 0.280 e. The number of carbonyl (C=O) groups is 2. The highest BCUT2D eigenvalue weighted by Gasteiger charge is 2.34. The van der Waals surface area contributed by atoms with Crippen molar-refractivity contribution in [1.29, 1.82) is 0 Å². The molecule has 2 aromatic heterocycles. The molecule has 2 aliphatic heterocycles. The van der Waals surface area contributed by atoms with E-state index in [1.165, 1.54) is 108 Å². The van der Waals surface area contributed by atoms with Gasteiger partial charge in [-0.05, 0) is 56.2 Å². The fraction of sp³-hybridized carbons (Fsp3) is 0.368. The van der Waals surface area contributed by atoms with Gasteiger partial charge in [0.15, 0.2) is 11.8 Å². The number of aromatic hydroxyl groups is 2. The lowest BCUT2D eigenvalue weighted by Gasteiger charge is -2.05. The number of nitrogens with one attached hydrogen (secondary N) is 2. The minimum atomic E-state index is -0.326. The van der Waals surface area contributed by atoms with Crippen LogP contribution in [0.3, 0.4) is 0 Å². The van der Waals surface area contributed by atoms with E-state index < -0.39 is 0 Å². The zero-order valence-electron chi connectivity index (χ0n) is 39.3. The summed E-state index contributed by atoms with van der Waals surface area (Å²) in [5.74, 6) is 0.461. The maximum atomic E-state index is 12.9. The summed E-state index contributed by atoms with van der Waals surface area (Å²) in [6, 6.07) is 31.7. The van der Waals surface area contributed by atoms with Crippen LogP contribution in [0.1, 0.15) is 169 Å². The molecule has 66 heavy (non-hydrogen) atoms. The van der Waals surface area contributed by atoms with E-state index in [0.717, 1.165) is 44.7 Å². The van der Waals surface area contributed by atoms with Crippen molar-refractivity contribution in [3.05, 3.63) is 147 Å². The fourth-order valence-corrected chi connectivity index (χ4v) is 9.75. The summed E-state index contributed by atoms with van der Waals surface area (Å²) in [4.78, 5) is 41.0. The highest BCUT2D eigenvalue weighted by atomic mass is 32.2. The second-order valence-electron chi connectivity index (χ2n) is 18.0. The first-order chi connectivity index (χ1) is 32.1. The minimum Gasteiger partial charge on any atom is -0.494 e. The zero-order chi connectivity index (χ0) is 46.4. The second kappa shape index (κ2) is 23.5. The Morgan fingerprint density at radius 3 is 1.11 bits per heavy atom. The average Bonchev–Trinajstić information content (AvgIpc) is 4.07. The molecule has 0 radical (unpaired) electrons. The Kier molecular flexibility index (Phi) is 17.1. The summed E-state index contributed by atoms with van der Waals surface area (Å²) in [5.41, 5.74) is 10.9. The van der Waals surface area contributed by atoms with Crippen LogP contribution in [0.4, 0.5) is 0 Å². The van der Waals surface area contributed by atoms with Gasteiger partial charge in [0.2, 0.25) is 0 Å². The fourth-order valence-electron chi connectivity index (χ4n) is 8.84. The molecule has 344 valence electrons. The highest BCUT2D eigenvalue weighted by Crippen LogP contribution is 2.40. The van der Waals surface area contributed by atoms with Gasteiger partial charge in [-0.15, -0.1) is 11.8 Å². The molecule has 0 spiro atoms. The highest BCUT2D eigenvalue weighted by molar-refractivity contribution is 7.99. The molecule has 0 unspecified atom stereocenters. The first-order valence-electron chi connectivity index (χ1n) is 24.2. The molecule has 0 fully saturated rings. The van der Waals surface area contributed by atoms with E-state index in [9.17, 15) is 19.8 Å². The molecule has 0 saturated heterocycles. The van der Waals surface area contributed by atoms with Gasteiger partial charge in [0.25, 0.3) is 11.8 Å². The van der Waals surface area contributed by atoms with Crippen molar-refractivity contribution in [3.8, 4) is 34.3 Å². The van der Waals surface area contributed by atoms with Crippen molar-refractivity contribution in [2.45, 2.75) is 135 Å². The summed E-state index contributed by atoms with van der Waals surface area (Å²) in [6.45, 7) is 8.31. The second-order valence-corrected chi connectivity index (χ2v) is 19.2. The van der Waals surface area contributed by atoms with Gasteiger partial charge in [-0.2, -0.15) is 0 Å². The number of aliphatic imine (C=N–C) groups is 2. The summed E-state index contributed by atoms with van der Waals surface area (Å²) < 4.78 is 0. The van der Waals surface area contributed by atoms with Gasteiger partial charge in [-0.1, -0.05) is 205 Å². The van der Waals surface area contributed by atoms with Gasteiger partial charge in [0.1, 0.15) is 0 Å². The number of hydrogen-bond donors (Lipinski definition) is 4. The number of hydrogen-bond acceptors (Lipinski definition) is 5. The summed E-state index contributed by atoms with van der Waals surface area (Å²) in [6.07, 6.45) is 22.3. The predicted molar refractivity (Wildman–Crippen MR) is 273 cm³/mol. The average molecular weight is 903 g/mol. The van der Waals surface area contributed by atoms with Crippen LogP contribution in [0, 0.1) is 20.8 Å². The van der Waals surface area contributed by atoms with Crippen molar-refractivity contribution in [1.82, 2.24) is 9.97 Å². The lowest BCUT2D eigenvalue weighted by molar-refractivity contribution is 0.0998. The quantitative estimate of drug-likeness (QED) is 0.0398. The number of carbonyl (C=O) groups excluding carboxylic acids is 2. The number of aryl methyl sites for hydroxylation is 3. The molecular formula is C57H66N4O4S. The Morgan fingerprint density at radius 1 is 0.424 bits per heavy atom. The van der Waals surface area contributed by atoms with Crippen molar-refractivity contribution in [3.63, 3.8) is 0 Å². The van der Waals surface area contributed by atoms with E-state index in [2.05, 4.69) is 39.0 Å². The molecule has 4 N–H and O–H groups in total. The molecule has 0 atom stereocenters. The maximum absolute atomic E-state index is 12.9. The Labute approximate surface area is 395 Å². The van der Waals surface area contributed by atoms with Crippen molar-refractivity contribution in [2.24, 2.45) is 9.98 Å². The van der Waals surface area contributed by atoms with Crippen molar-refractivity contribution in [2.75, 3.05) is 5.75 Å². The van der Waals surface area contributed by atoms with E-state index >= 15 is 0 Å². The van der Waals surface area contributed by atoms with Gasteiger partial charge in [-0.25, -0.2) is 9.98 Å². The standard InChI is InChI=1S/C37H50N2O2S.C20H16N2O2/c1-3-4-5-6-7-8-9-10-11-12-13-14-15-16-17-18-27-42-31-25-23-30(24-26-31)35-33-32(36(40)39-35)34(38-37(33)41)29-21-19-28(2)20-22-29;1-11-3-7-13(8-4-11)17-15-16(20(24)21-17)18(22-19(15)23)14-9-5-12(2)6-10-14/h19-26,39-40H,3-18,27H2,1-2H3;3-10,21,24H,1-2H3. The van der Waals surface area contributed by atoms with Crippen molar-refractivity contribution < 1.29 is 19.8 Å². The number of H-pyrrole nitrogens is 2. The number of unbranched alkanes of at least 4 members (excludes halogenated alkanes) is 15. The van der Waals surface area contributed by atoms with E-state index in [0.29, 0.717) is 45.1 Å². The molecule has 0 aliphatic carbocycles. The molecule has 2 aliphatic rings. The number of fused-ring (bicyclic) bond motifs is 2. The predicted octanol–water partition coefficient (Wildman–Crippen LogP) is 15.0. The third-order valence-electron chi connectivity index (χ3n) is 12.7. The van der Waals surface area contributed by atoms with Gasteiger partial charge in [-0.3, -0.25) is 9.59 Å². The SMILES string of the molecule is CCCCCCCCCCCCCCCCCCSc1ccc(-c2[nH]c(O)c3c2C(=O)N=C3c2ccc(C)cc2)cc1.Cc1ccc(C2=NC(=O)c3c(-c4ccc(C)cc4)[nH]c(O)c32)cc1. The Morgan fingerprint density at radius 2 is 0.742 bits per heavy atom. The number of aromatic nitrogens is 2. The van der Waals surface area contributed by atoms with E-state index in [-0.39, 0.29) is 23.6 Å². The van der Waals surface area contributed by atoms with E-state index in [4.69, 9.17) is 0 Å². The number of aromatic amines is 2. The first kappa shape index (κ1) is 48.0. The molecule has 9 heteroatoms. The van der Waals surface area contributed by atoms with Crippen LogP contribution >= 0.6 is 11.8 Å². The summed E-state index contributed by atoms with van der Waals surface area (Å²) in [5, 5.41) is 21.1. The minimum absolute atomic E-state index is 0.00729. The molecular weight excluding hydrogens is 837 g/mol. The monoisotopic (exact) mass is 902 g/mol. The number of nitrogens with zero attached hydrogens (tertiary/aromatic N) is 2. The number of rotatable bonds is 22. The zero-order valence-corrected chi connectivity index (χ0v) is 40.1. The number of amides is 2. The van der Waals surface area contributed by atoms with Crippen LogP contribution in [-0.2, 0) is 0 Å². The molecule has 6 aromatic rings. The normalized spacial score (nSPS) is 12.8. The third kappa shape index (κ3) is 12.1. The Hall–Kier alpha value is -5.93. The number of benzene rings is 4. The largest absolute Gasteiger partial charge is 0.494 e. The Balaban J connectivity index is 0.000000227. The lowest BCUT2D eigenvalue weighted by Crippen LogP contribution is -1.99. The molecule has 8 rings (SSSR count). The third-order valence-corrected chi connectivity index (χ3v) is 13.8. The molecule has 4 heterocycles. The summed E-state index contributed by atoms with van der Waals surface area (Å²) >= 11 is 1.89. The molecule has 2 amide bonds. The van der Waals surface area contributed by atoms with Crippen LogP contribution in [0.15, 0.2) is 112 Å². The van der Waals surface area contributed by atoms with E-state index in [1.807, 2.05) is 117 Å². The lowest BCUT2D eigenvalue weighted by atomic mass is 9.99. The van der Waals surface area contributed by atoms with E-state index in [1.54, 1.807) is 0 Å². The molecule has 0 bridgehead atoms. The van der Waals surface area contributed by atoms with Crippen LogP contribution < -0.4 is 0 Å². The Bertz CT molecular complexity index is 2620. The molecule has 0 saturated carbocycles. The topological polar surface area (TPSA) is 131 Å². The van der Waals surface area contributed by atoms with Crippen molar-refractivity contribution >= 4 is 35.0 Å². The van der Waals surface area contributed by atoms with Crippen LogP contribution in [0.5, 0.6) is 11.8 Å². The summed E-state index contributed by atoms with van der Waals surface area (Å²) in [7, 11) is 0. The van der Waals surface area contributed by atoms with Gasteiger partial charge in [0, 0.05) is 16.0 Å². The van der Waals surface area contributed by atoms with Crippen LogP contribution in [0.25, 0.3) is 22.5 Å². The first-order valence-corrected chi connectivity index (χ1v) is 25.2. The number of thioether (sulfide) groups is 1. The van der Waals surface area contributed by atoms with Gasteiger partial charge >= 0.3 is 0 Å². The van der Waals surface area contributed by atoms with Gasteiger partial charge < -0.3 is 20.2 Å². The maximum Gasteiger partial charge on any atom is 0.280 e.